The van der Waals surface area contributed by atoms with Gasteiger partial charge >= 0.3 is 6.09 Å². The molecular weight excluding hydrogens is 371 g/mol. The summed E-state index contributed by atoms with van der Waals surface area (Å²) in [6.45, 7) is 3.43. The molecule has 1 amide bonds. The monoisotopic (exact) mass is 393 g/mol. The van der Waals surface area contributed by atoms with Crippen molar-refractivity contribution in [1.82, 2.24) is 15.3 Å². The molecule has 1 saturated heterocycles. The van der Waals surface area contributed by atoms with E-state index in [1.54, 1.807) is 18.1 Å². The Hall–Kier alpha value is -2.58. The second-order valence-electron chi connectivity index (χ2n) is 6.85. The van der Waals surface area contributed by atoms with Gasteiger partial charge in [0.25, 0.3) is 0 Å². The molecule has 1 aliphatic rings. The predicted molar refractivity (Wildman–Crippen MR) is 97.8 cm³/mol. The first-order chi connectivity index (χ1) is 13.3. The number of rotatable bonds is 4. The molecule has 1 aliphatic heterocycles. The minimum absolute atomic E-state index is 0.000153. The van der Waals surface area contributed by atoms with Gasteiger partial charge < -0.3 is 15.1 Å². The average Bonchev–Trinajstić information content (AvgIpc) is 2.61. The molecule has 0 unspecified atom stereocenters. The highest BCUT2D eigenvalue weighted by molar-refractivity contribution is 5.67. The molecule has 0 saturated carbocycles. The average molecular weight is 393 g/mol. The highest BCUT2D eigenvalue weighted by atomic mass is 19.1. The second kappa shape index (κ2) is 8.62. The van der Waals surface area contributed by atoms with Crippen molar-refractivity contribution in [3.63, 3.8) is 0 Å². The molecule has 0 aromatic heterocycles. The molecule has 1 N–H and O–H groups in total. The maximum atomic E-state index is 13.4. The van der Waals surface area contributed by atoms with Gasteiger partial charge in [0.2, 0.25) is 0 Å². The summed E-state index contributed by atoms with van der Waals surface area (Å²) in [7, 11) is 1.49. The molecular formula is C20H22F3N3O2. The zero-order valence-electron chi connectivity index (χ0n) is 15.7. The number of nitrogens with one attached hydrogen (secondary N) is 1. The highest BCUT2D eigenvalue weighted by Gasteiger charge is 2.29. The third kappa shape index (κ3) is 4.82. The van der Waals surface area contributed by atoms with Gasteiger partial charge in [0.15, 0.2) is 0 Å². The number of carbonyl (C=O) groups is 1. The quantitative estimate of drug-likeness (QED) is 0.863. The number of hydroxylamine groups is 2. The van der Waals surface area contributed by atoms with Crippen molar-refractivity contribution in [3.05, 3.63) is 70.5 Å². The van der Waals surface area contributed by atoms with Gasteiger partial charge in [-0.3, -0.25) is 0 Å². The zero-order chi connectivity index (χ0) is 20.3. The van der Waals surface area contributed by atoms with E-state index >= 15 is 0 Å². The van der Waals surface area contributed by atoms with Crippen LogP contribution in [-0.2, 0) is 11.4 Å². The van der Waals surface area contributed by atoms with Crippen LogP contribution in [0, 0.1) is 24.4 Å². The number of nitrogens with zero attached hydrogens (tertiary/aromatic N) is 2. The van der Waals surface area contributed by atoms with Crippen LogP contribution in [0.1, 0.15) is 22.7 Å². The lowest BCUT2D eigenvalue weighted by atomic mass is 9.99. The number of amides is 1. The first-order valence-electron chi connectivity index (χ1n) is 8.95. The lowest BCUT2D eigenvalue weighted by Crippen LogP contribution is -2.48. The normalized spacial score (nSPS) is 17.4. The molecule has 28 heavy (non-hydrogen) atoms. The number of hydrogen-bond donors (Lipinski definition) is 1. The molecule has 0 radical (unpaired) electrons. The SMILES string of the molecule is Cc1cc(F)ccc1[C@H]1CNCCN1OC(=O)N(C)Cc1cc(F)cc(F)c1. The van der Waals surface area contributed by atoms with Gasteiger partial charge in [0, 0.05) is 39.3 Å². The molecule has 0 bridgehead atoms. The number of aryl methyl sites for hydroxylation is 1. The van der Waals surface area contributed by atoms with Crippen molar-refractivity contribution in [2.24, 2.45) is 0 Å². The molecule has 0 aliphatic carbocycles. The summed E-state index contributed by atoms with van der Waals surface area (Å²) in [6.07, 6.45) is -0.642. The van der Waals surface area contributed by atoms with Crippen LogP contribution in [0.15, 0.2) is 36.4 Å². The van der Waals surface area contributed by atoms with Crippen molar-refractivity contribution < 1.29 is 22.8 Å². The summed E-state index contributed by atoms with van der Waals surface area (Å²) in [6, 6.07) is 7.35. The number of benzene rings is 2. The van der Waals surface area contributed by atoms with Gasteiger partial charge in [-0.2, -0.15) is 0 Å². The Morgan fingerprint density at radius 3 is 2.57 bits per heavy atom. The van der Waals surface area contributed by atoms with Crippen molar-refractivity contribution in [2.75, 3.05) is 26.7 Å². The summed E-state index contributed by atoms with van der Waals surface area (Å²) in [4.78, 5) is 19.3. The van der Waals surface area contributed by atoms with E-state index in [1.165, 1.54) is 36.2 Å². The van der Waals surface area contributed by atoms with Gasteiger partial charge in [0.05, 0.1) is 6.04 Å². The van der Waals surface area contributed by atoms with E-state index in [0.29, 0.717) is 25.2 Å². The Kier molecular flexibility index (Phi) is 6.21. The lowest BCUT2D eigenvalue weighted by molar-refractivity contribution is -0.150. The topological polar surface area (TPSA) is 44.8 Å². The van der Waals surface area contributed by atoms with Crippen molar-refractivity contribution in [2.45, 2.75) is 19.5 Å². The molecule has 150 valence electrons. The van der Waals surface area contributed by atoms with Crippen LogP contribution in [0.2, 0.25) is 0 Å². The summed E-state index contributed by atoms with van der Waals surface area (Å²) >= 11 is 0. The van der Waals surface area contributed by atoms with Crippen molar-refractivity contribution in [3.8, 4) is 0 Å². The van der Waals surface area contributed by atoms with Gasteiger partial charge in [0.1, 0.15) is 17.5 Å². The molecule has 1 atom stereocenters. The number of carbonyl (C=O) groups excluding carboxylic acids is 1. The number of halogens is 3. The van der Waals surface area contributed by atoms with Crippen LogP contribution in [-0.4, -0.2) is 42.7 Å². The molecule has 1 fully saturated rings. The predicted octanol–water partition coefficient (Wildman–Crippen LogP) is 3.54. The molecule has 2 aromatic rings. The van der Waals surface area contributed by atoms with E-state index in [2.05, 4.69) is 5.32 Å². The van der Waals surface area contributed by atoms with Gasteiger partial charge in [-0.15, -0.1) is 5.06 Å². The van der Waals surface area contributed by atoms with E-state index in [-0.39, 0.29) is 18.4 Å². The summed E-state index contributed by atoms with van der Waals surface area (Å²) in [5.74, 6) is -1.73. The maximum absolute atomic E-state index is 13.4. The van der Waals surface area contributed by atoms with Crippen LogP contribution in [0.25, 0.3) is 0 Å². The zero-order valence-corrected chi connectivity index (χ0v) is 15.7. The fraction of sp³-hybridized carbons (Fsp3) is 0.350. The molecule has 5 nitrogen and oxygen atoms in total. The minimum atomic E-state index is -0.703. The molecule has 3 rings (SSSR count). The van der Waals surface area contributed by atoms with E-state index in [1.807, 2.05) is 0 Å². The lowest BCUT2D eigenvalue weighted by Gasteiger charge is -2.36. The Morgan fingerprint density at radius 2 is 1.89 bits per heavy atom. The minimum Gasteiger partial charge on any atom is -0.350 e. The highest BCUT2D eigenvalue weighted by Crippen LogP contribution is 2.26. The van der Waals surface area contributed by atoms with Crippen molar-refractivity contribution >= 4 is 6.09 Å². The van der Waals surface area contributed by atoms with Crippen molar-refractivity contribution in [1.29, 1.82) is 0 Å². The van der Waals surface area contributed by atoms with E-state index in [0.717, 1.165) is 17.2 Å². The Morgan fingerprint density at radius 1 is 1.18 bits per heavy atom. The van der Waals surface area contributed by atoms with Crippen LogP contribution in [0.5, 0.6) is 0 Å². The maximum Gasteiger partial charge on any atom is 0.428 e. The first kappa shape index (κ1) is 20.2. The molecule has 1 heterocycles. The standard InChI is InChI=1S/C20H22F3N3O2/c1-13-7-15(21)3-4-18(13)19-11-24-5-6-26(19)28-20(27)25(2)12-14-8-16(22)10-17(23)9-14/h3-4,7-10,19,24H,5-6,11-12H2,1-2H3/t19-/m1/s1. The largest absolute Gasteiger partial charge is 0.428 e. The first-order valence-corrected chi connectivity index (χ1v) is 8.95. The number of hydrogen-bond acceptors (Lipinski definition) is 4. The number of piperazine rings is 1. The smallest absolute Gasteiger partial charge is 0.350 e. The fourth-order valence-corrected chi connectivity index (χ4v) is 3.28. The summed E-state index contributed by atoms with van der Waals surface area (Å²) < 4.78 is 40.1. The van der Waals surface area contributed by atoms with E-state index in [9.17, 15) is 18.0 Å². The molecule has 0 spiro atoms. The van der Waals surface area contributed by atoms with Crippen LogP contribution in [0.4, 0.5) is 18.0 Å². The fourth-order valence-electron chi connectivity index (χ4n) is 3.28. The Labute approximate surface area is 161 Å². The van der Waals surface area contributed by atoms with E-state index < -0.39 is 17.7 Å². The third-order valence-electron chi connectivity index (χ3n) is 4.63. The summed E-state index contributed by atoms with van der Waals surface area (Å²) in [5, 5.41) is 4.79. The molecule has 8 heteroatoms. The summed E-state index contributed by atoms with van der Waals surface area (Å²) in [5.41, 5.74) is 1.94. The van der Waals surface area contributed by atoms with Gasteiger partial charge in [-0.05, 0) is 47.9 Å². The van der Waals surface area contributed by atoms with Gasteiger partial charge in [-0.1, -0.05) is 6.07 Å². The Balaban J connectivity index is 1.69. The van der Waals surface area contributed by atoms with Crippen LogP contribution >= 0.6 is 0 Å². The van der Waals surface area contributed by atoms with Crippen LogP contribution in [0.3, 0.4) is 0 Å². The van der Waals surface area contributed by atoms with Crippen LogP contribution < -0.4 is 5.32 Å². The molecule has 2 aromatic carbocycles. The van der Waals surface area contributed by atoms with E-state index in [4.69, 9.17) is 4.84 Å². The second-order valence-corrected chi connectivity index (χ2v) is 6.85. The third-order valence-corrected chi connectivity index (χ3v) is 4.63. The Bertz CT molecular complexity index is 842. The van der Waals surface area contributed by atoms with Gasteiger partial charge in [-0.25, -0.2) is 18.0 Å².